The predicted octanol–water partition coefficient (Wildman–Crippen LogP) is 2.56. The molecule has 0 saturated carbocycles. The lowest BCUT2D eigenvalue weighted by atomic mass is 9.82. The van der Waals surface area contributed by atoms with E-state index in [0.717, 1.165) is 6.92 Å². The van der Waals surface area contributed by atoms with Crippen LogP contribution < -0.4 is 15.2 Å². The minimum absolute atomic E-state index is 0.0228. The Hall–Kier alpha value is -4.07. The third-order valence-corrected chi connectivity index (χ3v) is 4.26. The molecular weight excluding hydrogens is 410 g/mol. The van der Waals surface area contributed by atoms with Gasteiger partial charge in [0, 0.05) is 12.5 Å². The molecule has 31 heavy (non-hydrogen) atoms. The first kappa shape index (κ1) is 23.2. The van der Waals surface area contributed by atoms with E-state index in [2.05, 4.69) is 0 Å². The molecular formula is C20H21N3O8. The van der Waals surface area contributed by atoms with Crippen LogP contribution in [-0.4, -0.2) is 30.1 Å². The molecule has 1 atom stereocenters. The van der Waals surface area contributed by atoms with Crippen molar-refractivity contribution in [3.8, 4) is 17.6 Å². The lowest BCUT2D eigenvalue weighted by Gasteiger charge is -2.27. The summed E-state index contributed by atoms with van der Waals surface area (Å²) in [6.07, 6.45) is 0. The number of nitrogens with zero attached hydrogens (tertiary/aromatic N) is 2. The standard InChI is InChI=1S/C20H21N3O8/c1-5-28-18-14(31-11(4)24)8-7-12(17(18)23(26)27)16-13(9-21)19(22)30-10(3)15(16)20(25)29-6-2/h7-8,16H,5-6,22H2,1-4H3. The molecule has 0 bridgehead atoms. The molecule has 1 aliphatic heterocycles. The van der Waals surface area contributed by atoms with E-state index in [1.54, 1.807) is 13.8 Å². The topological polar surface area (TPSA) is 164 Å². The van der Waals surface area contributed by atoms with Gasteiger partial charge in [0.1, 0.15) is 17.4 Å². The van der Waals surface area contributed by atoms with Crippen LogP contribution in [0.4, 0.5) is 5.69 Å². The summed E-state index contributed by atoms with van der Waals surface area (Å²) in [5.41, 5.74) is 4.86. The molecule has 11 nitrogen and oxygen atoms in total. The largest absolute Gasteiger partial charge is 0.485 e. The van der Waals surface area contributed by atoms with Crippen molar-refractivity contribution in [2.45, 2.75) is 33.6 Å². The van der Waals surface area contributed by atoms with Gasteiger partial charge in [-0.2, -0.15) is 5.26 Å². The summed E-state index contributed by atoms with van der Waals surface area (Å²) in [5.74, 6) is -3.54. The van der Waals surface area contributed by atoms with Crippen LogP contribution in [0.2, 0.25) is 0 Å². The fourth-order valence-electron chi connectivity index (χ4n) is 3.17. The molecule has 0 aromatic heterocycles. The molecule has 11 heteroatoms. The minimum Gasteiger partial charge on any atom is -0.485 e. The van der Waals surface area contributed by atoms with Crippen LogP contribution in [0.1, 0.15) is 39.2 Å². The molecule has 1 aromatic rings. The van der Waals surface area contributed by atoms with Crippen LogP contribution in [0.5, 0.6) is 11.5 Å². The number of carbonyl (C=O) groups excluding carboxylic acids is 2. The van der Waals surface area contributed by atoms with Crippen LogP contribution in [0, 0.1) is 21.4 Å². The van der Waals surface area contributed by atoms with E-state index in [0.29, 0.717) is 0 Å². The maximum atomic E-state index is 12.7. The first-order valence-electron chi connectivity index (χ1n) is 9.25. The average molecular weight is 431 g/mol. The second-order valence-electron chi connectivity index (χ2n) is 6.23. The number of nitrogens with two attached hydrogens (primary N) is 1. The minimum atomic E-state index is -1.26. The molecule has 0 fully saturated rings. The van der Waals surface area contributed by atoms with Gasteiger partial charge in [0.05, 0.1) is 29.6 Å². The molecule has 0 saturated heterocycles. The molecule has 1 heterocycles. The Balaban J connectivity index is 2.88. The number of allylic oxidation sites excluding steroid dienone is 2. The number of hydrogen-bond acceptors (Lipinski definition) is 10. The fraction of sp³-hybridized carbons (Fsp3) is 0.350. The Bertz CT molecular complexity index is 1040. The summed E-state index contributed by atoms with van der Waals surface area (Å²) in [6, 6.07) is 4.41. The fourth-order valence-corrected chi connectivity index (χ4v) is 3.17. The molecule has 0 aliphatic carbocycles. The molecule has 1 unspecified atom stereocenters. The molecule has 1 aliphatic rings. The SMILES string of the molecule is CCOC(=O)C1=C(C)OC(N)=C(C#N)C1c1ccc(OC(C)=O)c(OCC)c1[N+](=O)[O-]. The van der Waals surface area contributed by atoms with Crippen LogP contribution >= 0.6 is 0 Å². The Morgan fingerprint density at radius 3 is 2.52 bits per heavy atom. The quantitative estimate of drug-likeness (QED) is 0.293. The summed E-state index contributed by atoms with van der Waals surface area (Å²) in [6.45, 7) is 5.80. The van der Waals surface area contributed by atoms with Gasteiger partial charge in [0.2, 0.25) is 11.6 Å². The van der Waals surface area contributed by atoms with Crippen LogP contribution in [-0.2, 0) is 19.1 Å². The number of nitriles is 1. The summed E-state index contributed by atoms with van der Waals surface area (Å²) in [4.78, 5) is 35.4. The van der Waals surface area contributed by atoms with Crippen LogP contribution in [0.25, 0.3) is 0 Å². The highest BCUT2D eigenvalue weighted by Crippen LogP contribution is 2.48. The van der Waals surface area contributed by atoms with Gasteiger partial charge in [0.15, 0.2) is 5.75 Å². The van der Waals surface area contributed by atoms with Crippen molar-refractivity contribution in [2.24, 2.45) is 5.73 Å². The maximum absolute atomic E-state index is 12.7. The monoisotopic (exact) mass is 431 g/mol. The Labute approximate surface area is 177 Å². The van der Waals surface area contributed by atoms with E-state index < -0.39 is 28.5 Å². The molecule has 164 valence electrons. The van der Waals surface area contributed by atoms with Gasteiger partial charge in [-0.15, -0.1) is 0 Å². The van der Waals surface area contributed by atoms with Gasteiger partial charge in [-0.3, -0.25) is 14.9 Å². The van der Waals surface area contributed by atoms with Crippen molar-refractivity contribution in [1.82, 2.24) is 0 Å². The number of esters is 2. The molecule has 1 aromatic carbocycles. The molecule has 0 spiro atoms. The van der Waals surface area contributed by atoms with Crippen molar-refractivity contribution in [1.29, 1.82) is 5.26 Å². The summed E-state index contributed by atoms with van der Waals surface area (Å²) >= 11 is 0. The highest BCUT2D eigenvalue weighted by Gasteiger charge is 2.41. The number of rotatable bonds is 7. The highest BCUT2D eigenvalue weighted by atomic mass is 16.6. The number of benzene rings is 1. The van der Waals surface area contributed by atoms with Gasteiger partial charge in [-0.05, 0) is 32.9 Å². The lowest BCUT2D eigenvalue weighted by Crippen LogP contribution is -2.26. The zero-order valence-electron chi connectivity index (χ0n) is 17.4. The number of ether oxygens (including phenoxy) is 4. The Kier molecular flexibility index (Phi) is 7.20. The van der Waals surface area contributed by atoms with Crippen LogP contribution in [0.15, 0.2) is 34.9 Å². The van der Waals surface area contributed by atoms with Crippen molar-refractivity contribution < 1.29 is 33.5 Å². The molecule has 2 N–H and O–H groups in total. The average Bonchev–Trinajstić information content (AvgIpc) is 2.68. The van der Waals surface area contributed by atoms with E-state index in [1.807, 2.05) is 6.07 Å². The predicted molar refractivity (Wildman–Crippen MR) is 106 cm³/mol. The van der Waals surface area contributed by atoms with Gasteiger partial charge in [-0.25, -0.2) is 4.79 Å². The van der Waals surface area contributed by atoms with E-state index >= 15 is 0 Å². The van der Waals surface area contributed by atoms with Gasteiger partial charge >= 0.3 is 17.6 Å². The van der Waals surface area contributed by atoms with E-state index in [1.165, 1.54) is 19.1 Å². The highest BCUT2D eigenvalue weighted by molar-refractivity contribution is 5.93. The molecule has 0 radical (unpaired) electrons. The van der Waals surface area contributed by atoms with Crippen molar-refractivity contribution >= 4 is 17.6 Å². The maximum Gasteiger partial charge on any atom is 0.338 e. The number of nitro benzene ring substituents is 1. The Morgan fingerprint density at radius 1 is 1.32 bits per heavy atom. The third-order valence-electron chi connectivity index (χ3n) is 4.26. The smallest absolute Gasteiger partial charge is 0.338 e. The van der Waals surface area contributed by atoms with Gasteiger partial charge in [0.25, 0.3) is 0 Å². The second-order valence-corrected chi connectivity index (χ2v) is 6.23. The van der Waals surface area contributed by atoms with Crippen LogP contribution in [0.3, 0.4) is 0 Å². The summed E-state index contributed by atoms with van der Waals surface area (Å²) in [5, 5.41) is 21.7. The normalized spacial score (nSPS) is 15.6. The van der Waals surface area contributed by atoms with E-state index in [9.17, 15) is 25.0 Å². The summed E-state index contributed by atoms with van der Waals surface area (Å²) < 4.78 is 20.8. The number of nitro groups is 1. The van der Waals surface area contributed by atoms with E-state index in [-0.39, 0.29) is 53.1 Å². The van der Waals surface area contributed by atoms with Gasteiger partial charge in [-0.1, -0.05) is 0 Å². The van der Waals surface area contributed by atoms with Crippen molar-refractivity contribution in [2.75, 3.05) is 13.2 Å². The number of carbonyl (C=O) groups is 2. The van der Waals surface area contributed by atoms with Crippen molar-refractivity contribution in [3.63, 3.8) is 0 Å². The Morgan fingerprint density at radius 2 is 2.00 bits per heavy atom. The second kappa shape index (κ2) is 9.62. The zero-order valence-corrected chi connectivity index (χ0v) is 17.4. The first-order valence-corrected chi connectivity index (χ1v) is 9.25. The third kappa shape index (κ3) is 4.58. The number of hydrogen-bond donors (Lipinski definition) is 1. The van der Waals surface area contributed by atoms with Gasteiger partial charge < -0.3 is 24.7 Å². The zero-order chi connectivity index (χ0) is 23.3. The lowest BCUT2D eigenvalue weighted by molar-refractivity contribution is -0.386. The summed E-state index contributed by atoms with van der Waals surface area (Å²) in [7, 11) is 0. The first-order chi connectivity index (χ1) is 14.7. The van der Waals surface area contributed by atoms with E-state index in [4.69, 9.17) is 24.7 Å². The van der Waals surface area contributed by atoms with Crippen molar-refractivity contribution in [3.05, 3.63) is 50.6 Å². The molecule has 2 rings (SSSR count). The molecule has 0 amide bonds.